The van der Waals surface area contributed by atoms with Gasteiger partial charge in [-0.15, -0.1) is 0 Å². The number of benzene rings is 1. The van der Waals surface area contributed by atoms with E-state index in [9.17, 15) is 5.11 Å². The van der Waals surface area contributed by atoms with E-state index in [1.165, 1.54) is 0 Å². The van der Waals surface area contributed by atoms with Gasteiger partial charge < -0.3 is 10.0 Å². The van der Waals surface area contributed by atoms with E-state index in [4.69, 9.17) is 0 Å². The lowest BCUT2D eigenvalue weighted by Crippen LogP contribution is -2.53. The van der Waals surface area contributed by atoms with Gasteiger partial charge in [-0.2, -0.15) is 0 Å². The lowest BCUT2D eigenvalue weighted by atomic mass is 10.0. The van der Waals surface area contributed by atoms with Crippen LogP contribution in [0.1, 0.15) is 33.3 Å². The van der Waals surface area contributed by atoms with E-state index < -0.39 is 0 Å². The van der Waals surface area contributed by atoms with Gasteiger partial charge in [0.2, 0.25) is 0 Å². The summed E-state index contributed by atoms with van der Waals surface area (Å²) >= 11 is 0. The van der Waals surface area contributed by atoms with Crippen molar-refractivity contribution in [1.29, 1.82) is 0 Å². The number of rotatable bonds is 4. The Labute approximate surface area is 145 Å². The molecule has 1 aromatic carbocycles. The molecule has 0 unspecified atom stereocenters. The fraction of sp³-hybridized carbons (Fsp3) is 0.450. The van der Waals surface area contributed by atoms with Gasteiger partial charge in [0.25, 0.3) is 0 Å². The van der Waals surface area contributed by atoms with E-state index in [1.54, 1.807) is 6.92 Å². The Hall–Kier alpha value is -2.07. The fourth-order valence-electron chi connectivity index (χ4n) is 2.99. The van der Waals surface area contributed by atoms with Gasteiger partial charge in [0.05, 0.1) is 0 Å². The van der Waals surface area contributed by atoms with Gasteiger partial charge in [0, 0.05) is 43.0 Å². The van der Waals surface area contributed by atoms with E-state index >= 15 is 0 Å². The van der Waals surface area contributed by atoms with Crippen LogP contribution in [0.15, 0.2) is 47.2 Å². The van der Waals surface area contributed by atoms with Crippen LogP contribution in [0.3, 0.4) is 0 Å². The van der Waals surface area contributed by atoms with Crippen LogP contribution in [0.2, 0.25) is 0 Å². The highest BCUT2D eigenvalue weighted by molar-refractivity contribution is 5.74. The van der Waals surface area contributed by atoms with Gasteiger partial charge in [0.15, 0.2) is 0 Å². The minimum absolute atomic E-state index is 0.0969. The Morgan fingerprint density at radius 2 is 1.79 bits per heavy atom. The zero-order valence-electron chi connectivity index (χ0n) is 15.3. The van der Waals surface area contributed by atoms with Gasteiger partial charge in [-0.3, -0.25) is 9.89 Å². The Kier molecular flexibility index (Phi) is 5.50. The third kappa shape index (κ3) is 4.06. The first-order valence-electron chi connectivity index (χ1n) is 8.40. The molecule has 2 rings (SSSR count). The standard InChI is InChI=1S/C20H29N3O/c1-15(2)19(24)18(21-6)16-8-7-9-17(14-16)22-10-12-23(13-11-22)20(3,4)5/h7-9,14,24H,1,6,10-13H2,2-5H3/b19-18+. The van der Waals surface area contributed by atoms with Crippen LogP contribution in [-0.4, -0.2) is 48.4 Å². The van der Waals surface area contributed by atoms with E-state index in [0.29, 0.717) is 11.3 Å². The number of hydrogen-bond acceptors (Lipinski definition) is 4. The van der Waals surface area contributed by atoms with E-state index in [0.717, 1.165) is 37.4 Å². The summed E-state index contributed by atoms with van der Waals surface area (Å²) in [6, 6.07) is 8.11. The monoisotopic (exact) mass is 327 g/mol. The number of aliphatic hydroxyl groups is 1. The normalized spacial score (nSPS) is 17.4. The maximum Gasteiger partial charge on any atom is 0.144 e. The van der Waals surface area contributed by atoms with Crippen LogP contribution < -0.4 is 4.90 Å². The number of nitrogens with zero attached hydrogens (tertiary/aromatic N) is 3. The maximum absolute atomic E-state index is 10.2. The quantitative estimate of drug-likeness (QED) is 0.514. The van der Waals surface area contributed by atoms with Crippen molar-refractivity contribution in [2.45, 2.75) is 33.2 Å². The summed E-state index contributed by atoms with van der Waals surface area (Å²) < 4.78 is 0. The highest BCUT2D eigenvalue weighted by Crippen LogP contribution is 2.27. The molecule has 0 spiro atoms. The van der Waals surface area contributed by atoms with Gasteiger partial charge in [-0.25, -0.2) is 0 Å². The van der Waals surface area contributed by atoms with Crippen molar-refractivity contribution in [3.8, 4) is 0 Å². The van der Waals surface area contributed by atoms with Gasteiger partial charge in [-0.1, -0.05) is 18.7 Å². The first-order chi connectivity index (χ1) is 11.2. The molecule has 24 heavy (non-hydrogen) atoms. The minimum Gasteiger partial charge on any atom is -0.505 e. The Bertz CT molecular complexity index is 647. The molecule has 4 heteroatoms. The van der Waals surface area contributed by atoms with Gasteiger partial charge >= 0.3 is 0 Å². The van der Waals surface area contributed by atoms with Crippen LogP contribution in [0.5, 0.6) is 0 Å². The molecular weight excluding hydrogens is 298 g/mol. The average molecular weight is 327 g/mol. The van der Waals surface area contributed by atoms with Gasteiger partial charge in [-0.05, 0) is 52.1 Å². The van der Waals surface area contributed by atoms with Crippen molar-refractivity contribution in [2.75, 3.05) is 31.1 Å². The van der Waals surface area contributed by atoms with Crippen molar-refractivity contribution in [3.05, 3.63) is 47.7 Å². The molecule has 1 aliphatic rings. The van der Waals surface area contributed by atoms with Crippen molar-refractivity contribution in [2.24, 2.45) is 4.99 Å². The van der Waals surface area contributed by atoms with E-state index in [1.807, 2.05) is 12.1 Å². The highest BCUT2D eigenvalue weighted by Gasteiger charge is 2.26. The zero-order valence-corrected chi connectivity index (χ0v) is 15.3. The lowest BCUT2D eigenvalue weighted by molar-refractivity contribution is 0.128. The molecule has 1 heterocycles. The van der Waals surface area contributed by atoms with Crippen molar-refractivity contribution in [1.82, 2.24) is 4.90 Å². The second-order valence-corrected chi connectivity index (χ2v) is 7.33. The average Bonchev–Trinajstić information content (AvgIpc) is 2.55. The zero-order chi connectivity index (χ0) is 17.9. The van der Waals surface area contributed by atoms with E-state index in [-0.39, 0.29) is 11.3 Å². The number of hydrogen-bond donors (Lipinski definition) is 1. The smallest absolute Gasteiger partial charge is 0.144 e. The summed E-state index contributed by atoms with van der Waals surface area (Å²) in [5, 5.41) is 10.2. The predicted molar refractivity (Wildman–Crippen MR) is 104 cm³/mol. The Balaban J connectivity index is 2.22. The number of aliphatic hydroxyl groups excluding tert-OH is 1. The summed E-state index contributed by atoms with van der Waals surface area (Å²) in [6.07, 6.45) is 0. The van der Waals surface area contributed by atoms with Crippen LogP contribution in [0.4, 0.5) is 5.69 Å². The SMILES string of the molecule is C=N/C(=C(/O)C(=C)C)c1cccc(N2CCN(C(C)(C)C)CC2)c1. The van der Waals surface area contributed by atoms with Gasteiger partial charge in [0.1, 0.15) is 11.5 Å². The summed E-state index contributed by atoms with van der Waals surface area (Å²) in [7, 11) is 0. The first kappa shape index (κ1) is 18.3. The number of piperazine rings is 1. The third-order valence-electron chi connectivity index (χ3n) is 4.50. The molecule has 1 fully saturated rings. The molecule has 0 amide bonds. The van der Waals surface area contributed by atoms with E-state index in [2.05, 4.69) is 61.0 Å². The molecule has 0 atom stereocenters. The van der Waals surface area contributed by atoms with Crippen molar-refractivity contribution in [3.63, 3.8) is 0 Å². The second kappa shape index (κ2) is 7.22. The molecule has 0 aliphatic carbocycles. The van der Waals surface area contributed by atoms with Crippen LogP contribution in [0, 0.1) is 0 Å². The fourth-order valence-corrected chi connectivity index (χ4v) is 2.99. The summed E-state index contributed by atoms with van der Waals surface area (Å²) in [6.45, 7) is 20.0. The molecule has 4 nitrogen and oxygen atoms in total. The minimum atomic E-state index is 0.0969. The van der Waals surface area contributed by atoms with Crippen LogP contribution >= 0.6 is 0 Å². The number of aliphatic imine (C=N–C) groups is 1. The second-order valence-electron chi connectivity index (χ2n) is 7.33. The van der Waals surface area contributed by atoms with Crippen LogP contribution in [-0.2, 0) is 0 Å². The summed E-state index contributed by atoms with van der Waals surface area (Å²) in [5.74, 6) is 0.0969. The molecule has 0 saturated carbocycles. The first-order valence-corrected chi connectivity index (χ1v) is 8.40. The number of allylic oxidation sites excluding steroid dienone is 1. The van der Waals surface area contributed by atoms with Crippen molar-refractivity contribution >= 4 is 18.1 Å². The maximum atomic E-state index is 10.2. The molecular formula is C20H29N3O. The number of anilines is 1. The summed E-state index contributed by atoms with van der Waals surface area (Å²) in [5.41, 5.74) is 3.29. The molecule has 0 aromatic heterocycles. The molecule has 1 aliphatic heterocycles. The lowest BCUT2D eigenvalue weighted by Gasteiger charge is -2.43. The summed E-state index contributed by atoms with van der Waals surface area (Å²) in [4.78, 5) is 8.89. The Morgan fingerprint density at radius 3 is 2.29 bits per heavy atom. The third-order valence-corrected chi connectivity index (χ3v) is 4.50. The van der Waals surface area contributed by atoms with Crippen LogP contribution in [0.25, 0.3) is 5.70 Å². The molecule has 1 aromatic rings. The van der Waals surface area contributed by atoms with Crippen molar-refractivity contribution < 1.29 is 5.11 Å². The topological polar surface area (TPSA) is 39.1 Å². The molecule has 1 saturated heterocycles. The Morgan fingerprint density at radius 1 is 1.17 bits per heavy atom. The molecule has 130 valence electrons. The molecule has 0 radical (unpaired) electrons. The highest BCUT2D eigenvalue weighted by atomic mass is 16.3. The largest absolute Gasteiger partial charge is 0.505 e. The molecule has 1 N–H and O–H groups in total. The molecule has 0 bridgehead atoms. The predicted octanol–water partition coefficient (Wildman–Crippen LogP) is 4.11.